The summed E-state index contributed by atoms with van der Waals surface area (Å²) >= 11 is 0. The van der Waals surface area contributed by atoms with Gasteiger partial charge < -0.3 is 16.8 Å². The van der Waals surface area contributed by atoms with E-state index in [4.69, 9.17) is 16.7 Å². The average Bonchev–Trinajstić information content (AvgIpc) is 2.76. The maximum atomic E-state index is 9.44. The number of guanidine groups is 1. The fourth-order valence-electron chi connectivity index (χ4n) is 4.25. The van der Waals surface area contributed by atoms with Gasteiger partial charge >= 0.3 is 0 Å². The first-order valence-electron chi connectivity index (χ1n) is 10.3. The van der Waals surface area contributed by atoms with E-state index in [0.717, 1.165) is 18.7 Å². The van der Waals surface area contributed by atoms with Gasteiger partial charge in [0.25, 0.3) is 0 Å². The van der Waals surface area contributed by atoms with Crippen molar-refractivity contribution in [3.63, 3.8) is 0 Å². The second-order valence-corrected chi connectivity index (χ2v) is 7.96. The van der Waals surface area contributed by atoms with Crippen LogP contribution in [0.5, 0.6) is 0 Å². The molecule has 9 heteroatoms. The summed E-state index contributed by atoms with van der Waals surface area (Å²) in [5, 5.41) is 23.9. The van der Waals surface area contributed by atoms with Gasteiger partial charge in [0.05, 0.1) is 5.69 Å². The fourth-order valence-corrected chi connectivity index (χ4v) is 4.25. The monoisotopic (exact) mass is 415 g/mol. The Labute approximate surface area is 181 Å². The number of aromatic nitrogens is 1. The Kier molecular flexibility index (Phi) is 5.61. The molecule has 31 heavy (non-hydrogen) atoms. The number of anilines is 3. The zero-order valence-corrected chi connectivity index (χ0v) is 17.4. The number of hydrogen-bond donors (Lipinski definition) is 4. The molecule has 0 saturated carbocycles. The number of aliphatic imine (C=N–C) groups is 1. The van der Waals surface area contributed by atoms with Crippen molar-refractivity contribution in [2.45, 2.75) is 44.8 Å². The van der Waals surface area contributed by atoms with Crippen LogP contribution in [0.3, 0.4) is 0 Å². The van der Waals surface area contributed by atoms with E-state index in [-0.39, 0.29) is 23.0 Å². The van der Waals surface area contributed by atoms with Gasteiger partial charge in [-0.25, -0.2) is 9.98 Å². The fraction of sp³-hybridized carbons (Fsp3) is 0.364. The van der Waals surface area contributed by atoms with Crippen LogP contribution in [0.15, 0.2) is 29.3 Å². The van der Waals surface area contributed by atoms with Crippen LogP contribution in [0.2, 0.25) is 0 Å². The highest BCUT2D eigenvalue weighted by atomic mass is 15.2. The van der Waals surface area contributed by atoms with Gasteiger partial charge in [-0.05, 0) is 37.4 Å². The van der Waals surface area contributed by atoms with Gasteiger partial charge in [0, 0.05) is 18.2 Å². The molecule has 0 radical (unpaired) electrons. The minimum atomic E-state index is -0.518. The summed E-state index contributed by atoms with van der Waals surface area (Å²) in [5.74, 6) is 0.675. The van der Waals surface area contributed by atoms with E-state index in [2.05, 4.69) is 44.6 Å². The molecule has 2 unspecified atom stereocenters. The molecule has 158 valence electrons. The maximum Gasteiger partial charge on any atom is 0.211 e. The number of nitriles is 2. The standard InChI is InChI=1S/C22H25N9/c1-13-4-2-3-9-31(13)11-14-5-7-15(8-6-14)19-17-18(25)16(10-23)20(26)29-21(17)30-22(28-19)27-12-24/h5-8,13,19H,2-4,9,11H2,1H3,(H6,25,26,27,28,29,30). The number of rotatable bonds is 3. The highest BCUT2D eigenvalue weighted by Crippen LogP contribution is 2.40. The van der Waals surface area contributed by atoms with Gasteiger partial charge in [0.1, 0.15) is 29.3 Å². The lowest BCUT2D eigenvalue weighted by Gasteiger charge is -2.33. The Balaban J connectivity index is 1.68. The van der Waals surface area contributed by atoms with Gasteiger partial charge in [0.2, 0.25) is 5.96 Å². The first kappa shape index (κ1) is 20.5. The van der Waals surface area contributed by atoms with E-state index in [9.17, 15) is 5.26 Å². The molecule has 2 aromatic rings. The first-order chi connectivity index (χ1) is 15.0. The molecule has 9 nitrogen and oxygen atoms in total. The number of nitrogens with two attached hydrogens (primary N) is 2. The molecular weight excluding hydrogens is 390 g/mol. The van der Waals surface area contributed by atoms with E-state index in [1.54, 1.807) is 0 Å². The molecule has 6 N–H and O–H groups in total. The minimum Gasteiger partial charge on any atom is -0.397 e. The molecule has 4 rings (SSSR count). The Morgan fingerprint density at radius 2 is 2.00 bits per heavy atom. The van der Waals surface area contributed by atoms with Crippen LogP contribution >= 0.6 is 0 Å². The zero-order chi connectivity index (χ0) is 22.0. The first-order valence-corrected chi connectivity index (χ1v) is 10.3. The number of hydrogen-bond acceptors (Lipinski definition) is 9. The van der Waals surface area contributed by atoms with Crippen molar-refractivity contribution >= 4 is 23.3 Å². The van der Waals surface area contributed by atoms with Crippen molar-refractivity contribution < 1.29 is 0 Å². The molecule has 0 bridgehead atoms. The van der Waals surface area contributed by atoms with Crippen LogP contribution in [0.1, 0.15) is 54.5 Å². The molecular formula is C22H25N9. The number of piperidine rings is 1. The molecule has 1 aromatic carbocycles. The quantitative estimate of drug-likeness (QED) is 0.440. The molecule has 0 aliphatic carbocycles. The normalized spacial score (nSPS) is 20.5. The Morgan fingerprint density at radius 3 is 2.68 bits per heavy atom. The molecule has 0 spiro atoms. The molecule has 1 aromatic heterocycles. The van der Waals surface area contributed by atoms with Crippen molar-refractivity contribution in [3.05, 3.63) is 46.5 Å². The van der Waals surface area contributed by atoms with Crippen molar-refractivity contribution in [1.29, 1.82) is 10.5 Å². The third-order valence-electron chi connectivity index (χ3n) is 5.98. The van der Waals surface area contributed by atoms with E-state index < -0.39 is 6.04 Å². The number of fused-ring (bicyclic) bond motifs is 1. The predicted octanol–water partition coefficient (Wildman–Crippen LogP) is 2.43. The van der Waals surface area contributed by atoms with Crippen molar-refractivity contribution in [3.8, 4) is 12.3 Å². The van der Waals surface area contributed by atoms with Gasteiger partial charge in [-0.15, -0.1) is 0 Å². The van der Waals surface area contributed by atoms with Crippen LogP contribution < -0.4 is 22.1 Å². The smallest absolute Gasteiger partial charge is 0.211 e. The third-order valence-corrected chi connectivity index (χ3v) is 5.98. The SMILES string of the molecule is CC1CCCCN1Cc1ccc(C2N=C(NC#N)Nc3nc(N)c(C#N)c(N)c32)cc1. The third kappa shape index (κ3) is 3.96. The lowest BCUT2D eigenvalue weighted by Crippen LogP contribution is -2.36. The molecule has 2 atom stereocenters. The van der Waals surface area contributed by atoms with Gasteiger partial charge in [-0.3, -0.25) is 10.2 Å². The highest BCUT2D eigenvalue weighted by molar-refractivity contribution is 5.98. The summed E-state index contributed by atoms with van der Waals surface area (Å²) in [7, 11) is 0. The van der Waals surface area contributed by atoms with Crippen LogP contribution in [-0.4, -0.2) is 28.4 Å². The molecule has 0 amide bonds. The lowest BCUT2D eigenvalue weighted by atomic mass is 9.94. The van der Waals surface area contributed by atoms with Crippen LogP contribution in [0, 0.1) is 22.8 Å². The number of nitrogen functional groups attached to an aromatic ring is 2. The number of nitrogens with one attached hydrogen (secondary N) is 2. The van der Waals surface area contributed by atoms with E-state index in [1.807, 2.05) is 24.4 Å². The number of likely N-dealkylation sites (tertiary alicyclic amines) is 1. The van der Waals surface area contributed by atoms with E-state index in [1.165, 1.54) is 24.8 Å². The highest BCUT2D eigenvalue weighted by Gasteiger charge is 2.29. The largest absolute Gasteiger partial charge is 0.397 e. The summed E-state index contributed by atoms with van der Waals surface area (Å²) in [6.07, 6.45) is 5.64. The Hall–Kier alpha value is -3.82. The molecule has 1 fully saturated rings. The molecule has 2 aliphatic rings. The lowest BCUT2D eigenvalue weighted by molar-refractivity contribution is 0.152. The van der Waals surface area contributed by atoms with Crippen LogP contribution in [-0.2, 0) is 6.54 Å². The van der Waals surface area contributed by atoms with E-state index in [0.29, 0.717) is 17.4 Å². The van der Waals surface area contributed by atoms with Gasteiger partial charge in [-0.2, -0.15) is 10.5 Å². The molecule has 2 aliphatic heterocycles. The Morgan fingerprint density at radius 1 is 1.23 bits per heavy atom. The summed E-state index contributed by atoms with van der Waals surface area (Å²) < 4.78 is 0. The number of pyridine rings is 1. The second-order valence-electron chi connectivity index (χ2n) is 7.96. The minimum absolute atomic E-state index is 0.0363. The number of benzene rings is 1. The summed E-state index contributed by atoms with van der Waals surface area (Å²) in [6, 6.07) is 10.3. The van der Waals surface area contributed by atoms with Crippen LogP contribution in [0.4, 0.5) is 17.3 Å². The second kappa shape index (κ2) is 8.50. The van der Waals surface area contributed by atoms with Crippen molar-refractivity contribution in [2.24, 2.45) is 4.99 Å². The summed E-state index contributed by atoms with van der Waals surface area (Å²) in [6.45, 7) is 4.32. The maximum absolute atomic E-state index is 9.44. The predicted molar refractivity (Wildman–Crippen MR) is 120 cm³/mol. The molecule has 1 saturated heterocycles. The van der Waals surface area contributed by atoms with Crippen LogP contribution in [0.25, 0.3) is 0 Å². The zero-order valence-electron chi connectivity index (χ0n) is 17.4. The van der Waals surface area contributed by atoms with Gasteiger partial charge in [-0.1, -0.05) is 30.7 Å². The van der Waals surface area contributed by atoms with Crippen molar-refractivity contribution in [1.82, 2.24) is 15.2 Å². The van der Waals surface area contributed by atoms with Gasteiger partial charge in [0.15, 0.2) is 6.19 Å². The topological polar surface area (TPSA) is 152 Å². The Bertz CT molecular complexity index is 1090. The molecule has 3 heterocycles. The average molecular weight is 416 g/mol. The van der Waals surface area contributed by atoms with Crippen molar-refractivity contribution in [2.75, 3.05) is 23.3 Å². The number of nitrogens with zero attached hydrogens (tertiary/aromatic N) is 5. The van der Waals surface area contributed by atoms with E-state index >= 15 is 0 Å². The summed E-state index contributed by atoms with van der Waals surface area (Å²) in [4.78, 5) is 11.4. The summed E-state index contributed by atoms with van der Waals surface area (Å²) in [5.41, 5.74) is 15.3.